The second-order valence-corrected chi connectivity index (χ2v) is 5.65. The Morgan fingerprint density at radius 3 is 2.58 bits per heavy atom. The van der Waals surface area contributed by atoms with Crippen LogP contribution in [0, 0.1) is 6.92 Å². The van der Waals surface area contributed by atoms with Gasteiger partial charge >= 0.3 is 6.18 Å². The van der Waals surface area contributed by atoms with E-state index in [0.29, 0.717) is 11.1 Å². The van der Waals surface area contributed by atoms with E-state index >= 15 is 0 Å². The molecule has 1 heterocycles. The lowest BCUT2D eigenvalue weighted by Crippen LogP contribution is -2.14. The third-order valence-electron chi connectivity index (χ3n) is 3.90. The van der Waals surface area contributed by atoms with E-state index in [1.165, 1.54) is 6.07 Å². The number of anilines is 1. The smallest absolute Gasteiger partial charge is 0.416 e. The number of amides is 1. The van der Waals surface area contributed by atoms with Crippen molar-refractivity contribution in [2.45, 2.75) is 20.0 Å². The average molecular weight is 363 g/mol. The molecular formula is C19H16F3NO3. The number of halogens is 3. The number of ether oxygens (including phenoxy) is 1. The zero-order valence-corrected chi connectivity index (χ0v) is 14.1. The maximum Gasteiger partial charge on any atom is 0.416 e. The van der Waals surface area contributed by atoms with E-state index in [-0.39, 0.29) is 23.8 Å². The number of fused-ring (bicyclic) bond motifs is 1. The van der Waals surface area contributed by atoms with Crippen molar-refractivity contribution < 1.29 is 27.1 Å². The Kier molecular flexibility index (Phi) is 4.63. The van der Waals surface area contributed by atoms with Gasteiger partial charge in [-0.05, 0) is 38.1 Å². The molecule has 26 heavy (non-hydrogen) atoms. The van der Waals surface area contributed by atoms with Crippen LogP contribution in [0.2, 0.25) is 0 Å². The minimum Gasteiger partial charge on any atom is -0.492 e. The van der Waals surface area contributed by atoms with E-state index in [2.05, 4.69) is 5.32 Å². The molecule has 0 aliphatic carbocycles. The average Bonchev–Trinajstić information content (AvgIpc) is 2.93. The van der Waals surface area contributed by atoms with Gasteiger partial charge in [0.1, 0.15) is 11.3 Å². The molecular weight excluding hydrogens is 347 g/mol. The number of benzene rings is 2. The molecule has 136 valence electrons. The summed E-state index contributed by atoms with van der Waals surface area (Å²) in [6.07, 6.45) is -4.53. The second-order valence-electron chi connectivity index (χ2n) is 5.65. The van der Waals surface area contributed by atoms with Gasteiger partial charge in [0.15, 0.2) is 5.76 Å². The van der Waals surface area contributed by atoms with Gasteiger partial charge in [0, 0.05) is 10.9 Å². The van der Waals surface area contributed by atoms with E-state index in [1.54, 1.807) is 32.0 Å². The predicted octanol–water partition coefficient (Wildman–Crippen LogP) is 5.41. The SMILES string of the molecule is CCOc1ccc(C(F)(F)F)cc1NC(=O)c1oc2ccccc2c1C. The molecule has 0 aliphatic heterocycles. The fraction of sp³-hybridized carbons (Fsp3) is 0.211. The highest BCUT2D eigenvalue weighted by Gasteiger charge is 2.31. The van der Waals surface area contributed by atoms with Crippen LogP contribution in [0.5, 0.6) is 5.75 Å². The Bertz CT molecular complexity index is 960. The van der Waals surface area contributed by atoms with Gasteiger partial charge in [0.25, 0.3) is 5.91 Å². The van der Waals surface area contributed by atoms with Crippen LogP contribution in [-0.4, -0.2) is 12.5 Å². The third-order valence-corrected chi connectivity index (χ3v) is 3.90. The molecule has 3 rings (SSSR count). The van der Waals surface area contributed by atoms with Crippen LogP contribution in [-0.2, 0) is 6.18 Å². The van der Waals surface area contributed by atoms with Crippen molar-refractivity contribution in [1.29, 1.82) is 0 Å². The molecule has 1 N–H and O–H groups in total. The first-order chi connectivity index (χ1) is 12.3. The van der Waals surface area contributed by atoms with Gasteiger partial charge in [-0.2, -0.15) is 13.2 Å². The summed E-state index contributed by atoms with van der Waals surface area (Å²) in [7, 11) is 0. The Morgan fingerprint density at radius 1 is 1.19 bits per heavy atom. The number of furan rings is 1. The van der Waals surface area contributed by atoms with Crippen LogP contribution in [0.4, 0.5) is 18.9 Å². The van der Waals surface area contributed by atoms with Crippen molar-refractivity contribution in [3.05, 3.63) is 59.4 Å². The molecule has 0 spiro atoms. The normalized spacial score (nSPS) is 11.6. The number of carbonyl (C=O) groups is 1. The molecule has 0 bridgehead atoms. The monoisotopic (exact) mass is 363 g/mol. The van der Waals surface area contributed by atoms with E-state index in [1.807, 2.05) is 6.07 Å². The highest BCUT2D eigenvalue weighted by molar-refractivity contribution is 6.07. The van der Waals surface area contributed by atoms with Crippen LogP contribution < -0.4 is 10.1 Å². The van der Waals surface area contributed by atoms with Crippen LogP contribution in [0.15, 0.2) is 46.9 Å². The zero-order chi connectivity index (χ0) is 18.9. The summed E-state index contributed by atoms with van der Waals surface area (Å²) in [4.78, 5) is 12.6. The molecule has 0 unspecified atom stereocenters. The van der Waals surface area contributed by atoms with Gasteiger partial charge in [0.2, 0.25) is 0 Å². The number of nitrogens with one attached hydrogen (secondary N) is 1. The summed E-state index contributed by atoms with van der Waals surface area (Å²) in [6.45, 7) is 3.67. The molecule has 2 aromatic carbocycles. The fourth-order valence-electron chi connectivity index (χ4n) is 2.66. The van der Waals surface area contributed by atoms with Crippen molar-refractivity contribution in [2.24, 2.45) is 0 Å². The molecule has 0 saturated carbocycles. The van der Waals surface area contributed by atoms with Crippen molar-refractivity contribution in [3.8, 4) is 5.75 Å². The highest BCUT2D eigenvalue weighted by atomic mass is 19.4. The molecule has 7 heteroatoms. The minimum absolute atomic E-state index is 0.0473. The summed E-state index contributed by atoms with van der Waals surface area (Å²) in [5.74, 6) is -0.437. The summed E-state index contributed by atoms with van der Waals surface area (Å²) in [5.41, 5.74) is 0.205. The number of para-hydroxylation sites is 1. The Labute approximate surface area is 147 Å². The number of rotatable bonds is 4. The Hall–Kier alpha value is -2.96. The van der Waals surface area contributed by atoms with Crippen LogP contribution in [0.3, 0.4) is 0 Å². The molecule has 1 aromatic heterocycles. The lowest BCUT2D eigenvalue weighted by Gasteiger charge is -2.14. The van der Waals surface area contributed by atoms with Crippen molar-refractivity contribution >= 4 is 22.6 Å². The molecule has 0 atom stereocenters. The van der Waals surface area contributed by atoms with Crippen molar-refractivity contribution in [2.75, 3.05) is 11.9 Å². The van der Waals surface area contributed by atoms with Crippen LogP contribution in [0.1, 0.15) is 28.6 Å². The quantitative estimate of drug-likeness (QED) is 0.674. The lowest BCUT2D eigenvalue weighted by atomic mass is 10.1. The van der Waals surface area contributed by atoms with Crippen LogP contribution >= 0.6 is 0 Å². The van der Waals surface area contributed by atoms with E-state index in [0.717, 1.165) is 17.5 Å². The second kappa shape index (κ2) is 6.74. The van der Waals surface area contributed by atoms with Gasteiger partial charge in [-0.25, -0.2) is 0 Å². The fourth-order valence-corrected chi connectivity index (χ4v) is 2.66. The summed E-state index contributed by atoms with van der Waals surface area (Å²) < 4.78 is 49.8. The number of aryl methyl sites for hydroxylation is 1. The standard InChI is InChI=1S/C19H16F3NO3/c1-3-25-16-9-8-12(19(20,21)22)10-14(16)23-18(24)17-11(2)13-6-4-5-7-15(13)26-17/h4-10H,3H2,1-2H3,(H,23,24). The molecule has 0 radical (unpaired) electrons. The van der Waals surface area contributed by atoms with Crippen molar-refractivity contribution in [1.82, 2.24) is 0 Å². The van der Waals surface area contributed by atoms with Crippen molar-refractivity contribution in [3.63, 3.8) is 0 Å². The van der Waals surface area contributed by atoms with Gasteiger partial charge in [-0.15, -0.1) is 0 Å². The largest absolute Gasteiger partial charge is 0.492 e. The molecule has 0 saturated heterocycles. The van der Waals surface area contributed by atoms with Gasteiger partial charge in [0.05, 0.1) is 17.9 Å². The van der Waals surface area contributed by atoms with Gasteiger partial charge < -0.3 is 14.5 Å². The number of hydrogen-bond acceptors (Lipinski definition) is 3. The molecule has 1 amide bonds. The maximum atomic E-state index is 13.0. The number of alkyl halides is 3. The number of hydrogen-bond donors (Lipinski definition) is 1. The molecule has 0 aliphatic rings. The molecule has 4 nitrogen and oxygen atoms in total. The highest BCUT2D eigenvalue weighted by Crippen LogP contribution is 2.35. The summed E-state index contributed by atoms with van der Waals surface area (Å²) in [6, 6.07) is 10.1. The van der Waals surface area contributed by atoms with Crippen LogP contribution in [0.25, 0.3) is 11.0 Å². The first-order valence-corrected chi connectivity index (χ1v) is 7.94. The predicted molar refractivity (Wildman–Crippen MR) is 91.5 cm³/mol. The molecule has 3 aromatic rings. The summed E-state index contributed by atoms with van der Waals surface area (Å²) in [5, 5.41) is 3.24. The topological polar surface area (TPSA) is 51.5 Å². The van der Waals surface area contributed by atoms with E-state index in [4.69, 9.17) is 9.15 Å². The van der Waals surface area contributed by atoms with Gasteiger partial charge in [-0.1, -0.05) is 18.2 Å². The Balaban J connectivity index is 1.98. The first kappa shape index (κ1) is 17.8. The third kappa shape index (κ3) is 3.37. The van der Waals surface area contributed by atoms with E-state index in [9.17, 15) is 18.0 Å². The maximum absolute atomic E-state index is 13.0. The zero-order valence-electron chi connectivity index (χ0n) is 14.1. The van der Waals surface area contributed by atoms with E-state index < -0.39 is 17.6 Å². The molecule has 0 fully saturated rings. The lowest BCUT2D eigenvalue weighted by molar-refractivity contribution is -0.137. The minimum atomic E-state index is -4.53. The van der Waals surface area contributed by atoms with Gasteiger partial charge in [-0.3, -0.25) is 4.79 Å². The Morgan fingerprint density at radius 2 is 1.92 bits per heavy atom. The number of carbonyl (C=O) groups excluding carboxylic acids is 1. The first-order valence-electron chi connectivity index (χ1n) is 7.94. The summed E-state index contributed by atoms with van der Waals surface area (Å²) >= 11 is 0.